The van der Waals surface area contributed by atoms with E-state index >= 15 is 0 Å². The minimum Gasteiger partial charge on any atom is -0.497 e. The topological polar surface area (TPSA) is 74.1 Å². The molecule has 0 radical (unpaired) electrons. The van der Waals surface area contributed by atoms with Crippen LogP contribution in [0.15, 0.2) is 35.7 Å². The van der Waals surface area contributed by atoms with Crippen molar-refractivity contribution in [1.82, 2.24) is 20.2 Å². The van der Waals surface area contributed by atoms with E-state index in [0.717, 1.165) is 23.5 Å². The molecule has 7 nitrogen and oxygen atoms in total. The lowest BCUT2D eigenvalue weighted by Gasteiger charge is -2.31. The minimum absolute atomic E-state index is 0.00999. The van der Waals surface area contributed by atoms with Gasteiger partial charge in [-0.2, -0.15) is 0 Å². The molecule has 3 aromatic rings. The number of nitrogens with one attached hydrogen (secondary N) is 1. The van der Waals surface area contributed by atoms with Crippen molar-refractivity contribution in [2.45, 2.75) is 18.5 Å². The minimum atomic E-state index is -0.00999. The van der Waals surface area contributed by atoms with Crippen molar-refractivity contribution >= 4 is 17.3 Å². The van der Waals surface area contributed by atoms with Crippen LogP contribution in [-0.4, -0.2) is 34.4 Å². The van der Waals surface area contributed by atoms with Crippen molar-refractivity contribution in [3.05, 3.63) is 46.2 Å². The molecule has 0 amide bonds. The highest BCUT2D eigenvalue weighted by Gasteiger charge is 2.32. The summed E-state index contributed by atoms with van der Waals surface area (Å²) in [6.45, 7) is 0. The van der Waals surface area contributed by atoms with Gasteiger partial charge in [-0.25, -0.2) is 4.68 Å². The van der Waals surface area contributed by atoms with Gasteiger partial charge in [-0.1, -0.05) is 11.2 Å². The number of benzene rings is 1. The largest absolute Gasteiger partial charge is 0.497 e. The maximum Gasteiger partial charge on any atom is 0.244 e. The lowest BCUT2D eigenvalue weighted by Crippen LogP contribution is -2.28. The predicted octanol–water partition coefficient (Wildman–Crippen LogP) is 2.90. The van der Waals surface area contributed by atoms with Crippen molar-refractivity contribution in [1.29, 1.82) is 0 Å². The monoisotopic (exact) mass is 343 g/mol. The van der Waals surface area contributed by atoms with Crippen LogP contribution in [0.5, 0.6) is 11.5 Å². The van der Waals surface area contributed by atoms with Crippen molar-refractivity contribution < 1.29 is 9.47 Å². The van der Waals surface area contributed by atoms with Gasteiger partial charge < -0.3 is 14.8 Å². The zero-order chi connectivity index (χ0) is 16.5. The van der Waals surface area contributed by atoms with E-state index in [0.29, 0.717) is 5.95 Å². The first-order valence-electron chi connectivity index (χ1n) is 7.60. The van der Waals surface area contributed by atoms with E-state index in [4.69, 9.17) is 9.47 Å². The van der Waals surface area contributed by atoms with Gasteiger partial charge in [0.15, 0.2) is 0 Å². The highest BCUT2D eigenvalue weighted by molar-refractivity contribution is 7.10. The predicted molar refractivity (Wildman–Crippen MR) is 90.8 cm³/mol. The molecule has 24 heavy (non-hydrogen) atoms. The van der Waals surface area contributed by atoms with Gasteiger partial charge in [-0.3, -0.25) is 0 Å². The number of nitrogens with zero attached hydrogens (tertiary/aromatic N) is 4. The Morgan fingerprint density at radius 3 is 2.92 bits per heavy atom. The first-order valence-corrected chi connectivity index (χ1v) is 8.48. The molecule has 2 aromatic heterocycles. The molecule has 3 heterocycles. The van der Waals surface area contributed by atoms with Gasteiger partial charge in [0.25, 0.3) is 0 Å². The number of tetrazole rings is 1. The second kappa shape index (κ2) is 6.12. The molecule has 8 heteroatoms. The van der Waals surface area contributed by atoms with Crippen LogP contribution in [0.2, 0.25) is 0 Å². The second-order valence-electron chi connectivity index (χ2n) is 5.52. The smallest absolute Gasteiger partial charge is 0.244 e. The van der Waals surface area contributed by atoms with E-state index in [-0.39, 0.29) is 12.1 Å². The third-order valence-corrected chi connectivity index (χ3v) is 5.22. The first kappa shape index (κ1) is 14.9. The van der Waals surface area contributed by atoms with Gasteiger partial charge in [0.05, 0.1) is 26.3 Å². The van der Waals surface area contributed by atoms with Gasteiger partial charge in [0.1, 0.15) is 11.5 Å². The van der Waals surface area contributed by atoms with Crippen LogP contribution in [0.1, 0.15) is 28.9 Å². The number of thiophene rings is 1. The fourth-order valence-electron chi connectivity index (χ4n) is 3.07. The molecular weight excluding hydrogens is 326 g/mol. The molecule has 1 aromatic carbocycles. The molecule has 1 aliphatic heterocycles. The molecule has 0 saturated carbocycles. The van der Waals surface area contributed by atoms with Gasteiger partial charge >= 0.3 is 0 Å². The summed E-state index contributed by atoms with van der Waals surface area (Å²) in [5, 5.41) is 17.6. The molecule has 0 fully saturated rings. The zero-order valence-electron chi connectivity index (χ0n) is 13.3. The number of anilines is 1. The SMILES string of the molecule is COc1ccc([C@H]2C[C@H](c3cccs3)Nc3nnnn32)c(OC)c1. The van der Waals surface area contributed by atoms with Crippen molar-refractivity contribution in [2.75, 3.05) is 19.5 Å². The number of hydrogen-bond donors (Lipinski definition) is 1. The van der Waals surface area contributed by atoms with E-state index in [1.807, 2.05) is 22.9 Å². The average Bonchev–Trinajstić information content (AvgIpc) is 3.31. The summed E-state index contributed by atoms with van der Waals surface area (Å²) in [5.41, 5.74) is 1.04. The van der Waals surface area contributed by atoms with Crippen molar-refractivity contribution in [2.24, 2.45) is 0 Å². The van der Waals surface area contributed by atoms with Crippen LogP contribution >= 0.6 is 11.3 Å². The zero-order valence-corrected chi connectivity index (χ0v) is 14.2. The van der Waals surface area contributed by atoms with E-state index in [1.54, 1.807) is 25.6 Å². The summed E-state index contributed by atoms with van der Waals surface area (Å²) >= 11 is 1.73. The Hall–Kier alpha value is -2.61. The number of fused-ring (bicyclic) bond motifs is 1. The fourth-order valence-corrected chi connectivity index (χ4v) is 3.86. The summed E-state index contributed by atoms with van der Waals surface area (Å²) in [6, 6.07) is 10.2. The lowest BCUT2D eigenvalue weighted by atomic mass is 9.96. The molecule has 4 rings (SSSR count). The third kappa shape index (κ3) is 2.48. The van der Waals surface area contributed by atoms with Crippen molar-refractivity contribution in [3.8, 4) is 11.5 Å². The maximum atomic E-state index is 5.58. The Balaban J connectivity index is 1.77. The molecule has 124 valence electrons. The summed E-state index contributed by atoms with van der Waals surface area (Å²) in [7, 11) is 3.31. The molecule has 0 aliphatic carbocycles. The van der Waals surface area contributed by atoms with E-state index in [9.17, 15) is 0 Å². The van der Waals surface area contributed by atoms with Crippen LogP contribution in [0, 0.1) is 0 Å². The Kier molecular flexibility index (Phi) is 3.81. The number of rotatable bonds is 4. The molecule has 1 aliphatic rings. The average molecular weight is 343 g/mol. The van der Waals surface area contributed by atoms with Crippen LogP contribution in [-0.2, 0) is 0 Å². The number of ether oxygens (including phenoxy) is 2. The summed E-state index contributed by atoms with van der Waals surface area (Å²) in [5.74, 6) is 2.20. The maximum absolute atomic E-state index is 5.58. The number of aromatic nitrogens is 4. The normalized spacial score (nSPS) is 19.4. The Bertz CT molecular complexity index is 833. The van der Waals surface area contributed by atoms with E-state index in [1.165, 1.54) is 4.88 Å². The van der Waals surface area contributed by atoms with E-state index in [2.05, 4.69) is 38.4 Å². The quantitative estimate of drug-likeness (QED) is 0.785. The molecule has 0 saturated heterocycles. The number of hydrogen-bond acceptors (Lipinski definition) is 7. The molecule has 1 N–H and O–H groups in total. The molecule has 2 atom stereocenters. The fraction of sp³-hybridized carbons (Fsp3) is 0.312. The van der Waals surface area contributed by atoms with Gasteiger partial charge in [0.2, 0.25) is 5.95 Å². The number of methoxy groups -OCH3 is 2. The lowest BCUT2D eigenvalue weighted by molar-refractivity contribution is 0.370. The van der Waals surface area contributed by atoms with Crippen molar-refractivity contribution in [3.63, 3.8) is 0 Å². The molecule has 0 spiro atoms. The summed E-state index contributed by atoms with van der Waals surface area (Å²) in [4.78, 5) is 1.27. The summed E-state index contributed by atoms with van der Waals surface area (Å²) < 4.78 is 12.7. The third-order valence-electron chi connectivity index (χ3n) is 4.24. The standard InChI is InChI=1S/C16H17N5O2S/c1-22-10-5-6-11(14(8-10)23-2)13-9-12(15-4-3-7-24-15)17-16-18-19-20-21(13)16/h3-8,12-13H,9H2,1-2H3,(H,17,18,20)/t12-,13-/m1/s1. The van der Waals surface area contributed by atoms with Crippen LogP contribution in [0.25, 0.3) is 0 Å². The Morgan fingerprint density at radius 2 is 2.17 bits per heavy atom. The van der Waals surface area contributed by atoms with Gasteiger partial charge in [0, 0.05) is 16.5 Å². The first-order chi connectivity index (χ1) is 11.8. The Morgan fingerprint density at radius 1 is 1.25 bits per heavy atom. The van der Waals surface area contributed by atoms with Crippen LogP contribution in [0.4, 0.5) is 5.95 Å². The highest BCUT2D eigenvalue weighted by Crippen LogP contribution is 2.41. The second-order valence-corrected chi connectivity index (χ2v) is 6.50. The Labute approximate surface area is 143 Å². The van der Waals surface area contributed by atoms with Gasteiger partial charge in [-0.05, 0) is 40.4 Å². The molecule has 0 unspecified atom stereocenters. The molecule has 0 bridgehead atoms. The van der Waals surface area contributed by atoms with Crippen LogP contribution < -0.4 is 14.8 Å². The van der Waals surface area contributed by atoms with Crippen LogP contribution in [0.3, 0.4) is 0 Å². The highest BCUT2D eigenvalue weighted by atomic mass is 32.1. The van der Waals surface area contributed by atoms with E-state index < -0.39 is 0 Å². The summed E-state index contributed by atoms with van der Waals surface area (Å²) in [6.07, 6.45) is 0.835. The molecular formula is C16H17N5O2S. The van der Waals surface area contributed by atoms with Gasteiger partial charge in [-0.15, -0.1) is 11.3 Å².